The van der Waals surface area contributed by atoms with Gasteiger partial charge in [0.25, 0.3) is 5.91 Å². The zero-order valence-corrected chi connectivity index (χ0v) is 16.5. The van der Waals surface area contributed by atoms with Gasteiger partial charge in [0.1, 0.15) is 11.4 Å². The van der Waals surface area contributed by atoms with Crippen molar-refractivity contribution in [2.24, 2.45) is 0 Å². The molecule has 162 valence electrons. The maximum atomic E-state index is 12.8. The number of hydrogen-bond acceptors (Lipinski definition) is 5. The molecule has 31 heavy (non-hydrogen) atoms. The van der Waals surface area contributed by atoms with E-state index in [1.54, 1.807) is 35.2 Å². The number of halogens is 3. The Morgan fingerprint density at radius 3 is 2.68 bits per heavy atom. The number of nitrogens with zero attached hydrogens (tertiary/aromatic N) is 3. The summed E-state index contributed by atoms with van der Waals surface area (Å²) in [6.07, 6.45) is -2.12. The average molecular weight is 431 g/mol. The Bertz CT molecular complexity index is 1090. The van der Waals surface area contributed by atoms with Crippen molar-refractivity contribution in [3.05, 3.63) is 59.9 Å². The van der Waals surface area contributed by atoms with E-state index in [1.807, 2.05) is 0 Å². The summed E-state index contributed by atoms with van der Waals surface area (Å²) in [6, 6.07) is 10.4. The summed E-state index contributed by atoms with van der Waals surface area (Å²) in [4.78, 5) is 22.6. The highest BCUT2D eigenvalue weighted by molar-refractivity contribution is 5.95. The molecular formula is C22H20F3N3O3. The molecule has 1 aliphatic rings. The number of aliphatic hydroxyl groups excluding tert-OH is 1. The first kappa shape index (κ1) is 21.0. The van der Waals surface area contributed by atoms with Crippen molar-refractivity contribution in [1.29, 1.82) is 0 Å². The maximum Gasteiger partial charge on any atom is 0.417 e. The Labute approximate surface area is 176 Å². The van der Waals surface area contributed by atoms with E-state index in [-0.39, 0.29) is 17.9 Å². The fourth-order valence-corrected chi connectivity index (χ4v) is 3.46. The van der Waals surface area contributed by atoms with Gasteiger partial charge in [0.15, 0.2) is 0 Å². The second kappa shape index (κ2) is 8.50. The van der Waals surface area contributed by atoms with Crippen molar-refractivity contribution in [2.45, 2.75) is 31.5 Å². The summed E-state index contributed by atoms with van der Waals surface area (Å²) < 4.78 is 43.5. The third kappa shape index (κ3) is 4.93. The minimum atomic E-state index is -4.46. The molecule has 1 saturated heterocycles. The molecular weight excluding hydrogens is 411 g/mol. The minimum absolute atomic E-state index is 0.0375. The van der Waals surface area contributed by atoms with Gasteiger partial charge in [-0.2, -0.15) is 13.2 Å². The Morgan fingerprint density at radius 2 is 1.94 bits per heavy atom. The van der Waals surface area contributed by atoms with Crippen molar-refractivity contribution in [1.82, 2.24) is 14.9 Å². The molecule has 6 nitrogen and oxygen atoms in total. The summed E-state index contributed by atoms with van der Waals surface area (Å²) in [5, 5.41) is 10.5. The molecule has 3 heterocycles. The number of carbonyl (C=O) groups is 1. The number of pyridine rings is 2. The molecule has 1 amide bonds. The third-order valence-corrected chi connectivity index (χ3v) is 5.15. The van der Waals surface area contributed by atoms with E-state index in [4.69, 9.17) is 4.74 Å². The van der Waals surface area contributed by atoms with Crippen molar-refractivity contribution in [2.75, 3.05) is 13.1 Å². The lowest BCUT2D eigenvalue weighted by atomic mass is 10.2. The van der Waals surface area contributed by atoms with Crippen LogP contribution in [0.25, 0.3) is 10.9 Å². The molecule has 1 fully saturated rings. The second-order valence-corrected chi connectivity index (χ2v) is 7.41. The molecule has 1 aromatic carbocycles. The van der Waals surface area contributed by atoms with Crippen LogP contribution in [0.4, 0.5) is 13.2 Å². The third-order valence-electron chi connectivity index (χ3n) is 5.15. The quantitative estimate of drug-likeness (QED) is 0.664. The van der Waals surface area contributed by atoms with E-state index in [0.717, 1.165) is 24.8 Å². The molecule has 9 heteroatoms. The summed E-state index contributed by atoms with van der Waals surface area (Å²) in [7, 11) is 0. The van der Waals surface area contributed by atoms with Crippen LogP contribution in [0.15, 0.2) is 48.7 Å². The van der Waals surface area contributed by atoms with Crippen LogP contribution in [-0.4, -0.2) is 45.1 Å². The average Bonchev–Trinajstić information content (AvgIpc) is 2.97. The van der Waals surface area contributed by atoms with Gasteiger partial charge in [0, 0.05) is 30.7 Å². The number of ether oxygens (including phenoxy) is 1. The standard InChI is InChI=1S/C22H20F3N3O3/c23-22(24,25)15-4-8-20(26-13-15)31-17-5-7-18-14(12-17)3-6-19(27-18)21(30)28-10-1-2-16(29)9-11-28/h3-8,12-13,16,29H,1-2,9-11H2. The molecule has 3 aromatic rings. The first-order chi connectivity index (χ1) is 14.8. The number of aromatic nitrogens is 2. The normalized spacial score (nSPS) is 17.4. The molecule has 2 aromatic heterocycles. The Kier molecular flexibility index (Phi) is 5.77. The van der Waals surface area contributed by atoms with Crippen molar-refractivity contribution < 1.29 is 27.8 Å². The highest BCUT2D eigenvalue weighted by Crippen LogP contribution is 2.30. The van der Waals surface area contributed by atoms with Crippen LogP contribution in [0.1, 0.15) is 35.3 Å². The zero-order chi connectivity index (χ0) is 22.0. The fraction of sp³-hybridized carbons (Fsp3) is 0.318. The maximum absolute atomic E-state index is 12.8. The van der Waals surface area contributed by atoms with Crippen molar-refractivity contribution >= 4 is 16.8 Å². The predicted octanol–water partition coefficient (Wildman–Crippen LogP) is 4.43. The smallest absolute Gasteiger partial charge is 0.417 e. The van der Waals surface area contributed by atoms with Gasteiger partial charge < -0.3 is 14.7 Å². The van der Waals surface area contributed by atoms with Gasteiger partial charge in [-0.15, -0.1) is 0 Å². The second-order valence-electron chi connectivity index (χ2n) is 7.41. The Hall–Kier alpha value is -3.20. The summed E-state index contributed by atoms with van der Waals surface area (Å²) in [5.41, 5.74) is 0.0640. The van der Waals surface area contributed by atoms with E-state index in [2.05, 4.69) is 9.97 Å². The van der Waals surface area contributed by atoms with E-state index < -0.39 is 11.7 Å². The first-order valence-corrected chi connectivity index (χ1v) is 9.89. The van der Waals surface area contributed by atoms with Gasteiger partial charge in [-0.1, -0.05) is 6.07 Å². The molecule has 0 bridgehead atoms. The molecule has 1 atom stereocenters. The monoisotopic (exact) mass is 431 g/mol. The number of rotatable bonds is 3. The fourth-order valence-electron chi connectivity index (χ4n) is 3.46. The molecule has 0 saturated carbocycles. The highest BCUT2D eigenvalue weighted by atomic mass is 19.4. The molecule has 1 aliphatic heterocycles. The summed E-state index contributed by atoms with van der Waals surface area (Å²) >= 11 is 0. The number of carbonyl (C=O) groups excluding carboxylic acids is 1. The number of fused-ring (bicyclic) bond motifs is 1. The van der Waals surface area contributed by atoms with E-state index in [0.29, 0.717) is 48.3 Å². The number of aliphatic hydroxyl groups is 1. The van der Waals surface area contributed by atoms with Gasteiger partial charge in [-0.3, -0.25) is 4.79 Å². The molecule has 1 N–H and O–H groups in total. The Morgan fingerprint density at radius 1 is 1.10 bits per heavy atom. The number of alkyl halides is 3. The molecule has 4 rings (SSSR count). The van der Waals surface area contributed by atoms with Gasteiger partial charge >= 0.3 is 6.18 Å². The van der Waals surface area contributed by atoms with Crippen LogP contribution in [-0.2, 0) is 6.18 Å². The van der Waals surface area contributed by atoms with Gasteiger partial charge in [-0.05, 0) is 49.6 Å². The van der Waals surface area contributed by atoms with Crippen LogP contribution in [0.5, 0.6) is 11.6 Å². The van der Waals surface area contributed by atoms with Crippen molar-refractivity contribution in [3.63, 3.8) is 0 Å². The predicted molar refractivity (Wildman–Crippen MR) is 107 cm³/mol. The molecule has 1 unspecified atom stereocenters. The molecule has 0 spiro atoms. The topological polar surface area (TPSA) is 75.5 Å². The highest BCUT2D eigenvalue weighted by Gasteiger charge is 2.30. The van der Waals surface area contributed by atoms with Crippen LogP contribution >= 0.6 is 0 Å². The molecule has 0 aliphatic carbocycles. The van der Waals surface area contributed by atoms with Crippen molar-refractivity contribution in [3.8, 4) is 11.6 Å². The number of hydrogen-bond donors (Lipinski definition) is 1. The SMILES string of the molecule is O=C(c1ccc2cc(Oc3ccc(C(F)(F)F)cn3)ccc2n1)N1CCCC(O)CC1. The van der Waals surface area contributed by atoms with E-state index in [9.17, 15) is 23.1 Å². The zero-order valence-electron chi connectivity index (χ0n) is 16.5. The van der Waals surface area contributed by atoms with Gasteiger partial charge in [0.05, 0.1) is 17.2 Å². The Balaban J connectivity index is 1.49. The van der Waals surface area contributed by atoms with Crippen LogP contribution in [0.3, 0.4) is 0 Å². The molecule has 0 radical (unpaired) electrons. The lowest BCUT2D eigenvalue weighted by molar-refractivity contribution is -0.137. The van der Waals surface area contributed by atoms with E-state index in [1.165, 1.54) is 0 Å². The van der Waals surface area contributed by atoms with Crippen LogP contribution in [0, 0.1) is 0 Å². The largest absolute Gasteiger partial charge is 0.439 e. The number of likely N-dealkylation sites (tertiary alicyclic amines) is 1. The van der Waals surface area contributed by atoms with E-state index >= 15 is 0 Å². The minimum Gasteiger partial charge on any atom is -0.439 e. The first-order valence-electron chi connectivity index (χ1n) is 9.89. The summed E-state index contributed by atoms with van der Waals surface area (Å²) in [5.74, 6) is 0.253. The lowest BCUT2D eigenvalue weighted by Crippen LogP contribution is -2.32. The van der Waals surface area contributed by atoms with Crippen LogP contribution in [0.2, 0.25) is 0 Å². The number of benzene rings is 1. The lowest BCUT2D eigenvalue weighted by Gasteiger charge is -2.20. The van der Waals surface area contributed by atoms with Gasteiger partial charge in [0.2, 0.25) is 5.88 Å². The summed E-state index contributed by atoms with van der Waals surface area (Å²) in [6.45, 7) is 1.08. The number of amides is 1. The van der Waals surface area contributed by atoms with Crippen LogP contribution < -0.4 is 4.74 Å². The van der Waals surface area contributed by atoms with Gasteiger partial charge in [-0.25, -0.2) is 9.97 Å².